The van der Waals surface area contributed by atoms with E-state index in [-0.39, 0.29) is 18.2 Å². The molecule has 13 heavy (non-hydrogen) atoms. The van der Waals surface area contributed by atoms with E-state index in [2.05, 4.69) is 10.3 Å². The number of amides is 1. The van der Waals surface area contributed by atoms with Gasteiger partial charge < -0.3 is 10.1 Å². The molecule has 0 aliphatic carbocycles. The van der Waals surface area contributed by atoms with Crippen LogP contribution in [0.2, 0.25) is 0 Å². The van der Waals surface area contributed by atoms with Gasteiger partial charge in [-0.3, -0.25) is 4.98 Å². The Bertz CT molecular complexity index is 313. The highest BCUT2D eigenvalue weighted by atomic mass is 16.6. The Kier molecular flexibility index (Phi) is 1.88. The third kappa shape index (κ3) is 1.47. The number of nitrogens with one attached hydrogen (secondary N) is 1. The lowest BCUT2D eigenvalue weighted by atomic mass is 10.1. The van der Waals surface area contributed by atoms with Gasteiger partial charge in [0.05, 0.1) is 6.04 Å². The highest BCUT2D eigenvalue weighted by molar-refractivity contribution is 5.70. The van der Waals surface area contributed by atoms with Crippen LogP contribution >= 0.6 is 0 Å². The zero-order valence-corrected chi connectivity index (χ0v) is 7.23. The fourth-order valence-corrected chi connectivity index (χ4v) is 1.42. The Morgan fingerprint density at radius 3 is 2.69 bits per heavy atom. The number of carbonyl (C=O) groups is 1. The second kappa shape index (κ2) is 3.05. The van der Waals surface area contributed by atoms with Gasteiger partial charge in [-0.15, -0.1) is 0 Å². The van der Waals surface area contributed by atoms with Crippen LogP contribution in [-0.2, 0) is 4.74 Å². The normalized spacial score (nSPS) is 26.7. The van der Waals surface area contributed by atoms with Crippen molar-refractivity contribution in [2.75, 3.05) is 0 Å². The lowest BCUT2D eigenvalue weighted by molar-refractivity contribution is 0.134. The Balaban J connectivity index is 2.23. The van der Waals surface area contributed by atoms with Gasteiger partial charge in [-0.1, -0.05) is 0 Å². The molecule has 2 heterocycles. The second-order valence-corrected chi connectivity index (χ2v) is 3.04. The average Bonchev–Trinajstić information content (AvgIpc) is 2.47. The molecular weight excluding hydrogens is 168 g/mol. The molecule has 4 heteroatoms. The van der Waals surface area contributed by atoms with Gasteiger partial charge in [0.15, 0.2) is 0 Å². The Labute approximate surface area is 75.9 Å². The van der Waals surface area contributed by atoms with E-state index in [0.29, 0.717) is 0 Å². The molecule has 1 N–H and O–H groups in total. The largest absolute Gasteiger partial charge is 0.439 e. The highest BCUT2D eigenvalue weighted by Crippen LogP contribution is 2.24. The quantitative estimate of drug-likeness (QED) is 0.704. The number of aromatic nitrogens is 1. The van der Waals surface area contributed by atoms with E-state index in [1.165, 1.54) is 0 Å². The summed E-state index contributed by atoms with van der Waals surface area (Å²) in [5.41, 5.74) is 0.973. The summed E-state index contributed by atoms with van der Waals surface area (Å²) < 4.78 is 5.08. The number of alkyl carbamates (subject to hydrolysis) is 1. The molecule has 1 saturated heterocycles. The summed E-state index contributed by atoms with van der Waals surface area (Å²) >= 11 is 0. The molecule has 2 unspecified atom stereocenters. The summed E-state index contributed by atoms with van der Waals surface area (Å²) in [5, 5.41) is 2.68. The summed E-state index contributed by atoms with van der Waals surface area (Å²) in [6.45, 7) is 1.91. The number of nitrogens with zero attached hydrogens (tertiary/aromatic N) is 1. The van der Waals surface area contributed by atoms with Crippen LogP contribution in [0, 0.1) is 0 Å². The van der Waals surface area contributed by atoms with Crippen LogP contribution in [-0.4, -0.2) is 17.1 Å². The summed E-state index contributed by atoms with van der Waals surface area (Å²) in [4.78, 5) is 14.8. The maximum atomic E-state index is 10.9. The number of hydrogen-bond acceptors (Lipinski definition) is 3. The van der Waals surface area contributed by atoms with Gasteiger partial charge in [-0.25, -0.2) is 4.79 Å². The Hall–Kier alpha value is -1.58. The predicted molar refractivity (Wildman–Crippen MR) is 46.1 cm³/mol. The lowest BCUT2D eigenvalue weighted by Gasteiger charge is -2.11. The van der Waals surface area contributed by atoms with Gasteiger partial charge in [0.2, 0.25) is 0 Å². The van der Waals surface area contributed by atoms with Crippen molar-refractivity contribution in [2.24, 2.45) is 0 Å². The van der Waals surface area contributed by atoms with Crippen LogP contribution in [0.15, 0.2) is 24.5 Å². The van der Waals surface area contributed by atoms with Crippen LogP contribution in [0.5, 0.6) is 0 Å². The molecule has 2 rings (SSSR count). The van der Waals surface area contributed by atoms with Crippen molar-refractivity contribution in [2.45, 2.75) is 19.1 Å². The number of ether oxygens (including phenoxy) is 1. The molecule has 1 amide bonds. The molecule has 0 saturated carbocycles. The maximum absolute atomic E-state index is 10.9. The van der Waals surface area contributed by atoms with Gasteiger partial charge in [0, 0.05) is 12.4 Å². The van der Waals surface area contributed by atoms with E-state index >= 15 is 0 Å². The Morgan fingerprint density at radius 2 is 2.15 bits per heavy atom. The third-order valence-corrected chi connectivity index (χ3v) is 2.07. The number of rotatable bonds is 1. The lowest BCUT2D eigenvalue weighted by Crippen LogP contribution is -2.23. The first kappa shape index (κ1) is 8.04. The van der Waals surface area contributed by atoms with Gasteiger partial charge in [0.25, 0.3) is 0 Å². The zero-order valence-electron chi connectivity index (χ0n) is 7.23. The summed E-state index contributed by atoms with van der Waals surface area (Å²) in [7, 11) is 0. The first-order valence-corrected chi connectivity index (χ1v) is 4.14. The van der Waals surface area contributed by atoms with Crippen molar-refractivity contribution in [1.82, 2.24) is 10.3 Å². The first-order chi connectivity index (χ1) is 6.27. The molecule has 4 nitrogen and oxygen atoms in total. The maximum Gasteiger partial charge on any atom is 0.408 e. The van der Waals surface area contributed by atoms with Crippen LogP contribution in [0.3, 0.4) is 0 Å². The summed E-state index contributed by atoms with van der Waals surface area (Å²) in [6.07, 6.45) is 2.84. The molecule has 0 spiro atoms. The van der Waals surface area contributed by atoms with Gasteiger partial charge in [-0.2, -0.15) is 0 Å². The van der Waals surface area contributed by atoms with E-state index in [0.717, 1.165) is 5.56 Å². The molecule has 1 aromatic heterocycles. The molecule has 1 aliphatic rings. The fraction of sp³-hybridized carbons (Fsp3) is 0.333. The van der Waals surface area contributed by atoms with Crippen molar-refractivity contribution in [3.05, 3.63) is 30.1 Å². The van der Waals surface area contributed by atoms with E-state index in [9.17, 15) is 4.79 Å². The number of cyclic esters (lactones) is 1. The second-order valence-electron chi connectivity index (χ2n) is 3.04. The minimum atomic E-state index is -0.352. The standard InChI is InChI=1S/C9H10N2O2/c1-6-8(13-9(12)11-6)7-2-4-10-5-3-7/h2-6,8H,1H3,(H,11,12). The predicted octanol–water partition coefficient (Wildman–Crippen LogP) is 1.25. The van der Waals surface area contributed by atoms with Crippen molar-refractivity contribution >= 4 is 6.09 Å². The number of hydrogen-bond donors (Lipinski definition) is 1. The SMILES string of the molecule is CC1NC(=O)OC1c1ccncc1. The van der Waals surface area contributed by atoms with E-state index in [1.54, 1.807) is 12.4 Å². The third-order valence-electron chi connectivity index (χ3n) is 2.07. The minimum Gasteiger partial charge on any atom is -0.439 e. The molecular formula is C9H10N2O2. The van der Waals surface area contributed by atoms with E-state index in [1.807, 2.05) is 19.1 Å². The molecule has 1 fully saturated rings. The van der Waals surface area contributed by atoms with Crippen molar-refractivity contribution in [3.8, 4) is 0 Å². The van der Waals surface area contributed by atoms with Crippen molar-refractivity contribution in [3.63, 3.8) is 0 Å². The molecule has 1 aliphatic heterocycles. The fourth-order valence-electron chi connectivity index (χ4n) is 1.42. The van der Waals surface area contributed by atoms with Crippen molar-refractivity contribution < 1.29 is 9.53 Å². The first-order valence-electron chi connectivity index (χ1n) is 4.14. The van der Waals surface area contributed by atoms with Crippen molar-refractivity contribution in [1.29, 1.82) is 0 Å². The summed E-state index contributed by atoms with van der Waals surface area (Å²) in [5.74, 6) is 0. The van der Waals surface area contributed by atoms with Gasteiger partial charge in [0.1, 0.15) is 6.10 Å². The zero-order chi connectivity index (χ0) is 9.26. The monoisotopic (exact) mass is 178 g/mol. The van der Waals surface area contributed by atoms with Crippen LogP contribution in [0.25, 0.3) is 0 Å². The molecule has 0 aromatic carbocycles. The molecule has 68 valence electrons. The molecule has 2 atom stereocenters. The average molecular weight is 178 g/mol. The molecule has 0 radical (unpaired) electrons. The van der Waals surface area contributed by atoms with Gasteiger partial charge in [-0.05, 0) is 24.6 Å². The number of carbonyl (C=O) groups excluding carboxylic acids is 1. The summed E-state index contributed by atoms with van der Waals surface area (Å²) in [6, 6.07) is 3.72. The topological polar surface area (TPSA) is 51.2 Å². The number of pyridine rings is 1. The highest BCUT2D eigenvalue weighted by Gasteiger charge is 2.31. The van der Waals surface area contributed by atoms with E-state index in [4.69, 9.17) is 4.74 Å². The van der Waals surface area contributed by atoms with Gasteiger partial charge >= 0.3 is 6.09 Å². The smallest absolute Gasteiger partial charge is 0.408 e. The minimum absolute atomic E-state index is 0.0231. The van der Waals surface area contributed by atoms with Crippen LogP contribution < -0.4 is 5.32 Å². The van der Waals surface area contributed by atoms with Crippen LogP contribution in [0.1, 0.15) is 18.6 Å². The molecule has 0 bridgehead atoms. The molecule has 1 aromatic rings. The van der Waals surface area contributed by atoms with Crippen LogP contribution in [0.4, 0.5) is 4.79 Å². The Morgan fingerprint density at radius 1 is 1.46 bits per heavy atom. The van der Waals surface area contributed by atoms with E-state index < -0.39 is 0 Å².